The first-order valence-electron chi connectivity index (χ1n) is 7.32. The molecule has 1 fully saturated rings. The van der Waals surface area contributed by atoms with Crippen LogP contribution in [0.3, 0.4) is 0 Å². The molecule has 0 unspecified atom stereocenters. The topological polar surface area (TPSA) is 54.5 Å². The van der Waals surface area contributed by atoms with E-state index in [1.165, 1.54) is 0 Å². The smallest absolute Gasteiger partial charge is 0.214 e. The van der Waals surface area contributed by atoms with Gasteiger partial charge in [-0.05, 0) is 30.7 Å². The van der Waals surface area contributed by atoms with Crippen LogP contribution < -0.4 is 0 Å². The summed E-state index contributed by atoms with van der Waals surface area (Å²) in [6.07, 6.45) is 2.07. The zero-order valence-corrected chi connectivity index (χ0v) is 15.0. The van der Waals surface area contributed by atoms with Crippen molar-refractivity contribution in [3.8, 4) is 0 Å². The summed E-state index contributed by atoms with van der Waals surface area (Å²) in [6, 6.07) is 3.91. The SMILES string of the molecule is CCC1(CC)CN(S(=O)(=O)CCc2cccs2)CC[S@]1=O. The molecule has 4 nitrogen and oxygen atoms in total. The van der Waals surface area contributed by atoms with Gasteiger partial charge in [0.1, 0.15) is 0 Å². The zero-order valence-electron chi connectivity index (χ0n) is 12.6. The molecule has 120 valence electrons. The standard InChI is InChI=1S/C14H23NO3S3/c1-3-14(4-2)12-15(8-10-20(14)16)21(17,18)11-7-13-6-5-9-19-13/h5-6,9H,3-4,7-8,10-12H2,1-2H3/t20-/m1/s1. The normalized spacial score (nSPS) is 23.2. The highest BCUT2D eigenvalue weighted by Gasteiger charge is 2.42. The van der Waals surface area contributed by atoms with Gasteiger partial charge in [0.2, 0.25) is 10.0 Å². The zero-order chi connectivity index (χ0) is 15.5. The Morgan fingerprint density at radius 3 is 2.67 bits per heavy atom. The van der Waals surface area contributed by atoms with Gasteiger partial charge in [0.25, 0.3) is 0 Å². The van der Waals surface area contributed by atoms with Gasteiger partial charge in [0, 0.05) is 34.5 Å². The van der Waals surface area contributed by atoms with Crippen molar-refractivity contribution in [2.45, 2.75) is 37.9 Å². The third-order valence-electron chi connectivity index (χ3n) is 4.34. The summed E-state index contributed by atoms with van der Waals surface area (Å²) in [7, 11) is -4.20. The molecule has 0 spiro atoms. The number of rotatable bonds is 6. The van der Waals surface area contributed by atoms with Crippen LogP contribution >= 0.6 is 11.3 Å². The second-order valence-electron chi connectivity index (χ2n) is 5.42. The predicted octanol–water partition coefficient (Wildman–Crippen LogP) is 2.24. The Labute approximate surface area is 134 Å². The maximum Gasteiger partial charge on any atom is 0.214 e. The molecule has 1 aliphatic heterocycles. The number of hydrogen-bond acceptors (Lipinski definition) is 4. The monoisotopic (exact) mass is 349 g/mol. The summed E-state index contributed by atoms with van der Waals surface area (Å²) in [5.74, 6) is 0.601. The first-order valence-corrected chi connectivity index (χ1v) is 11.1. The molecule has 1 aromatic heterocycles. The highest BCUT2D eigenvalue weighted by atomic mass is 32.2. The lowest BCUT2D eigenvalue weighted by atomic mass is 10.0. The molecule has 0 radical (unpaired) electrons. The van der Waals surface area contributed by atoms with Gasteiger partial charge in [-0.25, -0.2) is 8.42 Å². The number of hydrogen-bond donors (Lipinski definition) is 0. The average molecular weight is 350 g/mol. The Bertz CT molecular complexity index is 577. The number of sulfonamides is 1. The largest absolute Gasteiger partial charge is 0.259 e. The van der Waals surface area contributed by atoms with Gasteiger partial charge >= 0.3 is 0 Å². The van der Waals surface area contributed by atoms with Crippen molar-refractivity contribution in [1.29, 1.82) is 0 Å². The molecule has 0 saturated carbocycles. The molecule has 2 heterocycles. The molecule has 1 aliphatic rings. The Morgan fingerprint density at radius 1 is 1.38 bits per heavy atom. The van der Waals surface area contributed by atoms with Gasteiger partial charge in [-0.15, -0.1) is 11.3 Å². The van der Waals surface area contributed by atoms with E-state index in [4.69, 9.17) is 0 Å². The quantitative estimate of drug-likeness (QED) is 0.791. The van der Waals surface area contributed by atoms with Gasteiger partial charge in [-0.2, -0.15) is 4.31 Å². The van der Waals surface area contributed by atoms with Crippen LogP contribution in [0, 0.1) is 0 Å². The van der Waals surface area contributed by atoms with E-state index in [-0.39, 0.29) is 10.5 Å². The van der Waals surface area contributed by atoms with Crippen LogP contribution in [0.5, 0.6) is 0 Å². The summed E-state index contributed by atoms with van der Waals surface area (Å²) >= 11 is 1.59. The van der Waals surface area contributed by atoms with Crippen molar-refractivity contribution in [1.82, 2.24) is 4.31 Å². The third-order valence-corrected chi connectivity index (χ3v) is 9.32. The minimum absolute atomic E-state index is 0.143. The van der Waals surface area contributed by atoms with Crippen LogP contribution in [0.4, 0.5) is 0 Å². The molecule has 7 heteroatoms. The van der Waals surface area contributed by atoms with Crippen molar-refractivity contribution in [3.63, 3.8) is 0 Å². The van der Waals surface area contributed by atoms with E-state index in [2.05, 4.69) is 0 Å². The second kappa shape index (κ2) is 6.89. The molecule has 1 saturated heterocycles. The lowest BCUT2D eigenvalue weighted by Gasteiger charge is -2.40. The van der Waals surface area contributed by atoms with Crippen molar-refractivity contribution in [2.24, 2.45) is 0 Å². The summed E-state index contributed by atoms with van der Waals surface area (Å²) < 4.78 is 38.6. The van der Waals surface area contributed by atoms with Crippen LogP contribution in [-0.2, 0) is 27.2 Å². The number of nitrogens with zero attached hydrogens (tertiary/aromatic N) is 1. The van der Waals surface area contributed by atoms with Gasteiger partial charge in [0.05, 0.1) is 10.5 Å². The molecule has 1 atom stereocenters. The maximum atomic E-state index is 12.5. The van der Waals surface area contributed by atoms with Crippen molar-refractivity contribution in [2.75, 3.05) is 24.6 Å². The van der Waals surface area contributed by atoms with Gasteiger partial charge in [-0.1, -0.05) is 19.9 Å². The van der Waals surface area contributed by atoms with Crippen LogP contribution in [-0.4, -0.2) is 46.3 Å². The lowest BCUT2D eigenvalue weighted by molar-refractivity contribution is 0.343. The van der Waals surface area contributed by atoms with E-state index in [1.807, 2.05) is 31.4 Å². The number of aryl methyl sites for hydroxylation is 1. The van der Waals surface area contributed by atoms with Gasteiger partial charge in [-0.3, -0.25) is 4.21 Å². The highest BCUT2D eigenvalue weighted by Crippen LogP contribution is 2.30. The fourth-order valence-corrected chi connectivity index (χ4v) is 7.07. The lowest BCUT2D eigenvalue weighted by Crippen LogP contribution is -2.55. The van der Waals surface area contributed by atoms with E-state index < -0.39 is 20.8 Å². The second-order valence-corrected chi connectivity index (χ2v) is 10.5. The minimum Gasteiger partial charge on any atom is -0.259 e. The van der Waals surface area contributed by atoms with E-state index in [1.54, 1.807) is 15.6 Å². The molecule has 21 heavy (non-hydrogen) atoms. The van der Waals surface area contributed by atoms with Crippen molar-refractivity contribution >= 4 is 32.2 Å². The van der Waals surface area contributed by atoms with E-state index in [9.17, 15) is 12.6 Å². The molecule has 0 bridgehead atoms. The fourth-order valence-electron chi connectivity index (χ4n) is 2.72. The molecule has 0 amide bonds. The maximum absolute atomic E-state index is 12.5. The van der Waals surface area contributed by atoms with Gasteiger partial charge in [0.15, 0.2) is 0 Å². The van der Waals surface area contributed by atoms with Crippen LogP contribution in [0.15, 0.2) is 17.5 Å². The summed E-state index contributed by atoms with van der Waals surface area (Å²) in [5, 5.41) is 1.96. The average Bonchev–Trinajstić information content (AvgIpc) is 2.99. The molecule has 0 aliphatic carbocycles. The Balaban J connectivity index is 2.07. The minimum atomic E-state index is -3.27. The van der Waals surface area contributed by atoms with Crippen LogP contribution in [0.2, 0.25) is 0 Å². The summed E-state index contributed by atoms with van der Waals surface area (Å²) in [5.41, 5.74) is 0. The Kier molecular flexibility index (Phi) is 5.62. The summed E-state index contributed by atoms with van der Waals surface area (Å²) in [4.78, 5) is 1.09. The first-order chi connectivity index (χ1) is 9.93. The van der Waals surface area contributed by atoms with Gasteiger partial charge < -0.3 is 0 Å². The van der Waals surface area contributed by atoms with Crippen LogP contribution in [0.1, 0.15) is 31.6 Å². The first kappa shape index (κ1) is 17.1. The molecule has 2 rings (SSSR count). The third kappa shape index (κ3) is 3.75. The molecule has 0 aromatic carbocycles. The van der Waals surface area contributed by atoms with Crippen LogP contribution in [0.25, 0.3) is 0 Å². The Morgan fingerprint density at radius 2 is 2.10 bits per heavy atom. The molecular weight excluding hydrogens is 326 g/mol. The highest BCUT2D eigenvalue weighted by molar-refractivity contribution is 7.89. The fraction of sp³-hybridized carbons (Fsp3) is 0.714. The molecular formula is C14H23NO3S3. The Hall–Kier alpha value is -0.240. The predicted molar refractivity (Wildman–Crippen MR) is 89.7 cm³/mol. The molecule has 0 N–H and O–H groups in total. The van der Waals surface area contributed by atoms with E-state index >= 15 is 0 Å². The summed E-state index contributed by atoms with van der Waals surface area (Å²) in [6.45, 7) is 4.80. The number of thiophene rings is 1. The van der Waals surface area contributed by atoms with E-state index in [0.717, 1.165) is 17.7 Å². The van der Waals surface area contributed by atoms with Crippen molar-refractivity contribution in [3.05, 3.63) is 22.4 Å². The van der Waals surface area contributed by atoms with E-state index in [0.29, 0.717) is 25.3 Å². The molecule has 1 aromatic rings. The van der Waals surface area contributed by atoms with Crippen molar-refractivity contribution < 1.29 is 12.6 Å².